The maximum atomic E-state index is 12.2. The van der Waals surface area contributed by atoms with Crippen LogP contribution in [-0.4, -0.2) is 47.4 Å². The number of aromatic carboxylic acids is 1. The number of carbonyl (C=O) groups is 1. The lowest BCUT2D eigenvalue weighted by atomic mass is 9.94. The predicted octanol–water partition coefficient (Wildman–Crippen LogP) is 5.75. The number of aryl methyl sites for hydroxylation is 4. The van der Waals surface area contributed by atoms with Gasteiger partial charge in [0, 0.05) is 37.5 Å². The lowest BCUT2D eigenvalue weighted by Crippen LogP contribution is -2.26. The first-order valence-corrected chi connectivity index (χ1v) is 12.4. The van der Waals surface area contributed by atoms with E-state index in [2.05, 4.69) is 41.4 Å². The van der Waals surface area contributed by atoms with Crippen molar-refractivity contribution >= 4 is 17.3 Å². The molecule has 0 amide bonds. The van der Waals surface area contributed by atoms with E-state index in [9.17, 15) is 9.90 Å². The van der Waals surface area contributed by atoms with E-state index in [-0.39, 0.29) is 5.56 Å². The molecule has 3 aromatic rings. The summed E-state index contributed by atoms with van der Waals surface area (Å²) < 4.78 is 10.9. The van der Waals surface area contributed by atoms with Crippen LogP contribution in [0.2, 0.25) is 0 Å². The highest BCUT2D eigenvalue weighted by Gasteiger charge is 2.19. The van der Waals surface area contributed by atoms with Crippen LogP contribution in [0.4, 0.5) is 11.4 Å². The molecule has 0 spiro atoms. The van der Waals surface area contributed by atoms with Gasteiger partial charge in [-0.2, -0.15) is 0 Å². The van der Waals surface area contributed by atoms with Gasteiger partial charge < -0.3 is 19.7 Å². The van der Waals surface area contributed by atoms with Gasteiger partial charge in [0.1, 0.15) is 5.76 Å². The van der Waals surface area contributed by atoms with E-state index >= 15 is 0 Å². The molecule has 7 heteroatoms. The van der Waals surface area contributed by atoms with Crippen LogP contribution in [0.25, 0.3) is 11.1 Å². The lowest BCUT2D eigenvalue weighted by Gasteiger charge is -2.21. The van der Waals surface area contributed by atoms with Crippen molar-refractivity contribution in [1.29, 1.82) is 0 Å². The van der Waals surface area contributed by atoms with Crippen molar-refractivity contribution < 1.29 is 19.2 Å². The van der Waals surface area contributed by atoms with Crippen LogP contribution in [0, 0.1) is 13.8 Å². The number of anilines is 2. The molecule has 0 saturated carbocycles. The Balaban J connectivity index is 1.67. The Morgan fingerprint density at radius 3 is 2.46 bits per heavy atom. The molecule has 7 nitrogen and oxygen atoms in total. The molecule has 1 saturated heterocycles. The Morgan fingerprint density at radius 2 is 1.83 bits per heavy atom. The van der Waals surface area contributed by atoms with Crippen LogP contribution < -0.4 is 5.32 Å². The first-order chi connectivity index (χ1) is 16.9. The third-order valence-corrected chi connectivity index (χ3v) is 6.68. The van der Waals surface area contributed by atoms with Gasteiger partial charge in [-0.25, -0.2) is 4.79 Å². The number of ether oxygens (including phenoxy) is 1. The summed E-state index contributed by atoms with van der Waals surface area (Å²) in [6, 6.07) is 10.0. The minimum Gasteiger partial charge on any atom is -0.478 e. The summed E-state index contributed by atoms with van der Waals surface area (Å²) in [5.74, 6) is -0.135. The van der Waals surface area contributed by atoms with Crippen molar-refractivity contribution in [2.45, 2.75) is 53.5 Å². The van der Waals surface area contributed by atoms with E-state index in [1.807, 2.05) is 26.0 Å². The zero-order valence-corrected chi connectivity index (χ0v) is 21.1. The third kappa shape index (κ3) is 5.57. The molecule has 0 atom stereocenters. The fourth-order valence-electron chi connectivity index (χ4n) is 4.85. The molecule has 1 fully saturated rings. The second-order valence-electron chi connectivity index (χ2n) is 9.13. The molecule has 0 aliphatic carbocycles. The fourth-order valence-corrected chi connectivity index (χ4v) is 4.85. The lowest BCUT2D eigenvalue weighted by molar-refractivity contribution is 0.0697. The van der Waals surface area contributed by atoms with Crippen molar-refractivity contribution in [2.75, 3.05) is 31.6 Å². The number of nitrogens with zero attached hydrogens (tertiary/aromatic N) is 2. The predicted molar refractivity (Wildman–Crippen MR) is 138 cm³/mol. The second kappa shape index (κ2) is 11.1. The third-order valence-electron chi connectivity index (χ3n) is 6.68. The fraction of sp³-hybridized carbons (Fsp3) is 0.429. The number of benzene rings is 2. The van der Waals surface area contributed by atoms with E-state index in [4.69, 9.17) is 9.26 Å². The van der Waals surface area contributed by atoms with Gasteiger partial charge in [0.05, 0.1) is 23.6 Å². The van der Waals surface area contributed by atoms with E-state index in [0.717, 1.165) is 97.1 Å². The van der Waals surface area contributed by atoms with Crippen molar-refractivity contribution in [3.8, 4) is 11.1 Å². The highest BCUT2D eigenvalue weighted by atomic mass is 16.5. The van der Waals surface area contributed by atoms with Crippen molar-refractivity contribution in [3.05, 3.63) is 64.0 Å². The Kier molecular flexibility index (Phi) is 7.88. The van der Waals surface area contributed by atoms with Gasteiger partial charge >= 0.3 is 5.97 Å². The van der Waals surface area contributed by atoms with Gasteiger partial charge in [0.2, 0.25) is 0 Å². The SMILES string of the molecule is CCc1cc(-c2c(C)noc2C)cc(CC)c1Nc1ccc(CN2CCCOCC2)cc1C(=O)O. The molecule has 35 heavy (non-hydrogen) atoms. The summed E-state index contributed by atoms with van der Waals surface area (Å²) in [5, 5.41) is 17.6. The number of rotatable bonds is 8. The van der Waals surface area contributed by atoms with Crippen LogP contribution in [-0.2, 0) is 24.1 Å². The molecular weight excluding hydrogens is 442 g/mol. The van der Waals surface area contributed by atoms with Gasteiger partial charge in [-0.15, -0.1) is 0 Å². The van der Waals surface area contributed by atoms with E-state index < -0.39 is 5.97 Å². The molecule has 0 radical (unpaired) electrons. The summed E-state index contributed by atoms with van der Waals surface area (Å²) in [4.78, 5) is 14.5. The molecule has 186 valence electrons. The smallest absolute Gasteiger partial charge is 0.337 e. The average molecular weight is 478 g/mol. The van der Waals surface area contributed by atoms with Gasteiger partial charge in [0.15, 0.2) is 0 Å². The number of aromatic nitrogens is 1. The van der Waals surface area contributed by atoms with Crippen molar-refractivity contribution in [2.24, 2.45) is 0 Å². The molecule has 1 aliphatic heterocycles. The van der Waals surface area contributed by atoms with Gasteiger partial charge in [-0.3, -0.25) is 4.90 Å². The van der Waals surface area contributed by atoms with Crippen LogP contribution >= 0.6 is 0 Å². The highest BCUT2D eigenvalue weighted by Crippen LogP contribution is 2.35. The Labute approximate surface area is 207 Å². The molecule has 2 heterocycles. The number of nitrogens with one attached hydrogen (secondary N) is 1. The first-order valence-electron chi connectivity index (χ1n) is 12.4. The van der Waals surface area contributed by atoms with E-state index in [1.54, 1.807) is 6.07 Å². The highest BCUT2D eigenvalue weighted by molar-refractivity contribution is 5.96. The maximum absolute atomic E-state index is 12.2. The molecule has 0 bridgehead atoms. The molecular formula is C28H35N3O4. The standard InChI is InChI=1S/C28H35N3O4/c1-5-21-15-23(26-18(3)30-35-19(26)4)16-22(6-2)27(21)29-25-9-8-20(14-24(25)28(32)33)17-31-10-7-12-34-13-11-31/h8-9,14-16,29H,5-7,10-13,17H2,1-4H3,(H,32,33). The van der Waals surface area contributed by atoms with Crippen molar-refractivity contribution in [3.63, 3.8) is 0 Å². The second-order valence-corrected chi connectivity index (χ2v) is 9.13. The number of hydrogen-bond acceptors (Lipinski definition) is 6. The number of hydrogen-bond donors (Lipinski definition) is 2. The quantitative estimate of drug-likeness (QED) is 0.427. The molecule has 1 aromatic heterocycles. The van der Waals surface area contributed by atoms with Crippen LogP contribution in [0.1, 0.15) is 58.8 Å². The zero-order chi connectivity index (χ0) is 24.9. The summed E-state index contributed by atoms with van der Waals surface area (Å²) in [6.45, 7) is 12.2. The molecule has 4 rings (SSSR count). The van der Waals surface area contributed by atoms with Gasteiger partial charge in [-0.1, -0.05) is 25.1 Å². The summed E-state index contributed by atoms with van der Waals surface area (Å²) in [7, 11) is 0. The van der Waals surface area contributed by atoms with Crippen molar-refractivity contribution in [1.82, 2.24) is 10.1 Å². The number of carboxylic acid groups (broad SMARTS) is 1. The minimum absolute atomic E-state index is 0.285. The summed E-state index contributed by atoms with van der Waals surface area (Å²) >= 11 is 0. The van der Waals surface area contributed by atoms with Crippen LogP contribution in [0.5, 0.6) is 0 Å². The van der Waals surface area contributed by atoms with E-state index in [0.29, 0.717) is 5.69 Å². The van der Waals surface area contributed by atoms with Crippen LogP contribution in [0.15, 0.2) is 34.9 Å². The first kappa shape index (κ1) is 24.9. The van der Waals surface area contributed by atoms with Gasteiger partial charge in [0.25, 0.3) is 0 Å². The molecule has 0 unspecified atom stereocenters. The normalized spacial score (nSPS) is 14.6. The summed E-state index contributed by atoms with van der Waals surface area (Å²) in [6.07, 6.45) is 2.61. The monoisotopic (exact) mass is 477 g/mol. The van der Waals surface area contributed by atoms with Crippen LogP contribution in [0.3, 0.4) is 0 Å². The zero-order valence-electron chi connectivity index (χ0n) is 21.1. The topological polar surface area (TPSA) is 87.8 Å². The molecule has 1 aliphatic rings. The molecule has 2 N–H and O–H groups in total. The number of carboxylic acids is 1. The van der Waals surface area contributed by atoms with E-state index in [1.165, 1.54) is 0 Å². The minimum atomic E-state index is -0.933. The average Bonchev–Trinajstić information content (AvgIpc) is 3.02. The van der Waals surface area contributed by atoms with Gasteiger partial charge in [-0.05, 0) is 79.6 Å². The molecule has 2 aromatic carbocycles. The largest absolute Gasteiger partial charge is 0.478 e. The Morgan fingerprint density at radius 1 is 1.09 bits per heavy atom. The Hall–Kier alpha value is -3.16. The Bertz CT molecular complexity index is 1150. The maximum Gasteiger partial charge on any atom is 0.337 e. The summed E-state index contributed by atoms with van der Waals surface area (Å²) in [5.41, 5.74) is 8.09.